The number of halogens is 1. The maximum Gasteiger partial charge on any atom is 0.273 e. The number of rotatable bonds is 5. The highest BCUT2D eigenvalue weighted by molar-refractivity contribution is 5.92. The van der Waals surface area contributed by atoms with Crippen molar-refractivity contribution in [2.75, 3.05) is 6.54 Å². The van der Waals surface area contributed by atoms with Gasteiger partial charge in [-0.1, -0.05) is 31.1 Å². The quantitative estimate of drug-likeness (QED) is 0.890. The number of hydrogen-bond donors (Lipinski definition) is 2. The lowest BCUT2D eigenvalue weighted by Crippen LogP contribution is -2.38. The normalized spacial score (nSPS) is 13.9. The molecule has 0 radical (unpaired) electrons. The fourth-order valence-electron chi connectivity index (χ4n) is 1.92. The number of carbonyl (C=O) groups excluding carboxylic acids is 1. The van der Waals surface area contributed by atoms with Crippen molar-refractivity contribution in [2.45, 2.75) is 32.3 Å². The Bertz CT molecular complexity index is 648. The maximum absolute atomic E-state index is 12.9. The third-order valence-electron chi connectivity index (χ3n) is 3.39. The van der Waals surface area contributed by atoms with Gasteiger partial charge in [-0.15, -0.1) is 0 Å². The molecule has 2 N–H and O–H groups in total. The molecule has 0 saturated carbocycles. The molecule has 1 amide bonds. The van der Waals surface area contributed by atoms with Crippen LogP contribution in [0.3, 0.4) is 0 Å². The molecule has 2 aromatic rings. The number of nitrogens with one attached hydrogen (secondary N) is 1. The number of nitrogens with zero attached hydrogens (tertiary/aromatic N) is 1. The Hall–Kier alpha value is -2.21. The van der Waals surface area contributed by atoms with E-state index >= 15 is 0 Å². The molecule has 0 spiro atoms. The van der Waals surface area contributed by atoms with Crippen LogP contribution in [-0.4, -0.2) is 22.7 Å². The summed E-state index contributed by atoms with van der Waals surface area (Å²) in [5.41, 5.74) is -0.635. The van der Waals surface area contributed by atoms with Gasteiger partial charge in [-0.3, -0.25) is 4.79 Å². The molecule has 0 saturated heterocycles. The van der Waals surface area contributed by atoms with Crippen LogP contribution in [0.5, 0.6) is 0 Å². The van der Waals surface area contributed by atoms with Crippen molar-refractivity contribution < 1.29 is 18.8 Å². The summed E-state index contributed by atoms with van der Waals surface area (Å²) in [6.45, 7) is 5.38. The summed E-state index contributed by atoms with van der Waals surface area (Å²) in [5.74, 6) is -0.0581. The molecule has 1 heterocycles. The van der Waals surface area contributed by atoms with Crippen LogP contribution in [0.1, 0.15) is 48.5 Å². The second-order valence-corrected chi connectivity index (χ2v) is 5.73. The number of carbonyl (C=O) groups is 1. The standard InChI is InChI=1S/C16H19FN2O3/c1-10(2)14-8-13(19-22-14)15(20)18-9-16(3,21)11-4-6-12(17)7-5-11/h4-8,10,21H,9H2,1-3H3,(H,18,20). The number of benzene rings is 1. The summed E-state index contributed by atoms with van der Waals surface area (Å²) in [4.78, 5) is 12.0. The van der Waals surface area contributed by atoms with E-state index in [4.69, 9.17) is 4.52 Å². The summed E-state index contributed by atoms with van der Waals surface area (Å²) >= 11 is 0. The minimum absolute atomic E-state index is 0.0265. The van der Waals surface area contributed by atoms with Gasteiger partial charge in [0.15, 0.2) is 5.69 Å². The SMILES string of the molecule is CC(C)c1cc(C(=O)NCC(C)(O)c2ccc(F)cc2)no1. The lowest BCUT2D eigenvalue weighted by Gasteiger charge is -2.24. The Morgan fingerprint density at radius 1 is 1.41 bits per heavy atom. The van der Waals surface area contributed by atoms with Crippen molar-refractivity contribution in [3.63, 3.8) is 0 Å². The molecule has 118 valence electrons. The maximum atomic E-state index is 12.9. The molecule has 1 atom stereocenters. The van der Waals surface area contributed by atoms with Crippen LogP contribution in [0, 0.1) is 5.82 Å². The number of aromatic nitrogens is 1. The van der Waals surface area contributed by atoms with Crippen molar-refractivity contribution in [3.8, 4) is 0 Å². The highest BCUT2D eigenvalue weighted by atomic mass is 19.1. The Labute approximate surface area is 128 Å². The molecule has 6 heteroatoms. The minimum Gasteiger partial charge on any atom is -0.384 e. The summed E-state index contributed by atoms with van der Waals surface area (Å²) < 4.78 is 18.0. The molecule has 0 fully saturated rings. The van der Waals surface area contributed by atoms with Crippen LogP contribution in [-0.2, 0) is 5.60 Å². The van der Waals surface area contributed by atoms with Crippen molar-refractivity contribution >= 4 is 5.91 Å². The van der Waals surface area contributed by atoms with E-state index in [1.165, 1.54) is 24.3 Å². The first-order valence-corrected chi connectivity index (χ1v) is 7.03. The first kappa shape index (κ1) is 16.2. The fraction of sp³-hybridized carbons (Fsp3) is 0.375. The highest BCUT2D eigenvalue weighted by Gasteiger charge is 2.25. The van der Waals surface area contributed by atoms with Gasteiger partial charge in [0.25, 0.3) is 5.91 Å². The zero-order chi connectivity index (χ0) is 16.3. The van der Waals surface area contributed by atoms with Gasteiger partial charge in [0, 0.05) is 12.0 Å². The van der Waals surface area contributed by atoms with Crippen molar-refractivity contribution in [1.82, 2.24) is 10.5 Å². The van der Waals surface area contributed by atoms with Gasteiger partial charge >= 0.3 is 0 Å². The van der Waals surface area contributed by atoms with Crippen LogP contribution in [0.2, 0.25) is 0 Å². The van der Waals surface area contributed by atoms with Gasteiger partial charge in [-0.25, -0.2) is 4.39 Å². The second kappa shape index (κ2) is 6.27. The Morgan fingerprint density at radius 3 is 2.59 bits per heavy atom. The molecule has 0 aliphatic carbocycles. The summed E-state index contributed by atoms with van der Waals surface area (Å²) in [6.07, 6.45) is 0. The average Bonchev–Trinajstić information content (AvgIpc) is 2.95. The molecule has 0 bridgehead atoms. The molecular formula is C16H19FN2O3. The van der Waals surface area contributed by atoms with E-state index in [9.17, 15) is 14.3 Å². The third-order valence-corrected chi connectivity index (χ3v) is 3.39. The first-order chi connectivity index (χ1) is 10.3. The molecule has 0 aliphatic rings. The molecule has 5 nitrogen and oxygen atoms in total. The second-order valence-electron chi connectivity index (χ2n) is 5.73. The summed E-state index contributed by atoms with van der Waals surface area (Å²) in [6, 6.07) is 7.06. The lowest BCUT2D eigenvalue weighted by atomic mass is 9.96. The van der Waals surface area contributed by atoms with Gasteiger partial charge in [0.05, 0.1) is 6.54 Å². The van der Waals surface area contributed by atoms with E-state index in [0.29, 0.717) is 11.3 Å². The molecule has 0 aliphatic heterocycles. The van der Waals surface area contributed by atoms with E-state index in [-0.39, 0.29) is 24.0 Å². The predicted molar refractivity (Wildman–Crippen MR) is 78.9 cm³/mol. The van der Waals surface area contributed by atoms with Gasteiger partial charge in [-0.2, -0.15) is 0 Å². The summed E-state index contributed by atoms with van der Waals surface area (Å²) in [5, 5.41) is 16.7. The van der Waals surface area contributed by atoms with Crippen LogP contribution in [0.4, 0.5) is 4.39 Å². The topological polar surface area (TPSA) is 75.4 Å². The van der Waals surface area contributed by atoms with Crippen molar-refractivity contribution in [1.29, 1.82) is 0 Å². The van der Waals surface area contributed by atoms with E-state index < -0.39 is 11.5 Å². The zero-order valence-corrected chi connectivity index (χ0v) is 12.8. The third kappa shape index (κ3) is 3.71. The van der Waals surface area contributed by atoms with Crippen molar-refractivity contribution in [3.05, 3.63) is 53.2 Å². The monoisotopic (exact) mass is 306 g/mol. The molecule has 1 aromatic carbocycles. The summed E-state index contributed by atoms with van der Waals surface area (Å²) in [7, 11) is 0. The molecule has 22 heavy (non-hydrogen) atoms. The molecule has 1 unspecified atom stereocenters. The molecular weight excluding hydrogens is 287 g/mol. The molecule has 2 rings (SSSR count). The zero-order valence-electron chi connectivity index (χ0n) is 12.8. The van der Waals surface area contributed by atoms with E-state index in [1.54, 1.807) is 13.0 Å². The average molecular weight is 306 g/mol. The Kier molecular flexibility index (Phi) is 4.61. The van der Waals surface area contributed by atoms with Crippen LogP contribution in [0.15, 0.2) is 34.9 Å². The number of amides is 1. The Balaban J connectivity index is 2.01. The largest absolute Gasteiger partial charge is 0.384 e. The van der Waals surface area contributed by atoms with Crippen molar-refractivity contribution in [2.24, 2.45) is 0 Å². The van der Waals surface area contributed by atoms with Crippen LogP contribution >= 0.6 is 0 Å². The van der Waals surface area contributed by atoms with Crippen LogP contribution < -0.4 is 5.32 Å². The van der Waals surface area contributed by atoms with Gasteiger partial charge in [0.1, 0.15) is 17.2 Å². The van der Waals surface area contributed by atoms with Gasteiger partial charge < -0.3 is 14.9 Å². The van der Waals surface area contributed by atoms with E-state index in [2.05, 4.69) is 10.5 Å². The minimum atomic E-state index is -1.31. The fourth-order valence-corrected chi connectivity index (χ4v) is 1.92. The smallest absolute Gasteiger partial charge is 0.273 e. The highest BCUT2D eigenvalue weighted by Crippen LogP contribution is 2.20. The van der Waals surface area contributed by atoms with E-state index in [0.717, 1.165) is 0 Å². The molecule has 1 aromatic heterocycles. The number of aliphatic hydroxyl groups is 1. The van der Waals surface area contributed by atoms with Gasteiger partial charge in [-0.05, 0) is 24.6 Å². The first-order valence-electron chi connectivity index (χ1n) is 7.03. The Morgan fingerprint density at radius 2 is 2.05 bits per heavy atom. The number of hydrogen-bond acceptors (Lipinski definition) is 4. The lowest BCUT2D eigenvalue weighted by molar-refractivity contribution is 0.0523. The van der Waals surface area contributed by atoms with Gasteiger partial charge in [0.2, 0.25) is 0 Å². The van der Waals surface area contributed by atoms with Crippen LogP contribution in [0.25, 0.3) is 0 Å². The van der Waals surface area contributed by atoms with E-state index in [1.807, 2.05) is 13.8 Å². The predicted octanol–water partition coefficient (Wildman–Crippen LogP) is 2.57.